The van der Waals surface area contributed by atoms with Crippen LogP contribution in [-0.4, -0.2) is 10.2 Å². The summed E-state index contributed by atoms with van der Waals surface area (Å²) in [6.45, 7) is 13.2. The molecule has 0 unspecified atom stereocenters. The van der Waals surface area contributed by atoms with Crippen LogP contribution in [0.1, 0.15) is 52.8 Å². The highest BCUT2D eigenvalue weighted by molar-refractivity contribution is 5.85. The van der Waals surface area contributed by atoms with Crippen molar-refractivity contribution in [1.82, 2.24) is 10.2 Å². The molecule has 18 heavy (non-hydrogen) atoms. The van der Waals surface area contributed by atoms with Crippen molar-refractivity contribution in [3.8, 4) is 0 Å². The van der Waals surface area contributed by atoms with Crippen LogP contribution in [0.25, 0.3) is 10.8 Å². The summed E-state index contributed by atoms with van der Waals surface area (Å²) < 4.78 is 0. The van der Waals surface area contributed by atoms with Gasteiger partial charge < -0.3 is 0 Å². The van der Waals surface area contributed by atoms with Crippen LogP contribution in [0.15, 0.2) is 24.4 Å². The van der Waals surface area contributed by atoms with Crippen LogP contribution in [0.2, 0.25) is 0 Å². The van der Waals surface area contributed by atoms with Gasteiger partial charge in [0.25, 0.3) is 0 Å². The second-order valence-electron chi connectivity index (χ2n) is 7.00. The summed E-state index contributed by atoms with van der Waals surface area (Å²) >= 11 is 0. The quantitative estimate of drug-likeness (QED) is 0.691. The molecule has 2 rings (SSSR count). The third-order valence-electron chi connectivity index (χ3n) is 3.24. The van der Waals surface area contributed by atoms with Crippen molar-refractivity contribution in [2.75, 3.05) is 0 Å². The molecule has 2 nitrogen and oxygen atoms in total. The van der Waals surface area contributed by atoms with Crippen molar-refractivity contribution in [2.24, 2.45) is 0 Å². The first-order valence-electron chi connectivity index (χ1n) is 6.46. The van der Waals surface area contributed by atoms with E-state index in [1.807, 2.05) is 6.20 Å². The molecule has 0 saturated heterocycles. The molecule has 0 aliphatic heterocycles. The molecule has 0 aliphatic rings. The van der Waals surface area contributed by atoms with Crippen molar-refractivity contribution in [3.05, 3.63) is 35.7 Å². The van der Waals surface area contributed by atoms with Gasteiger partial charge in [-0.05, 0) is 17.0 Å². The zero-order chi connectivity index (χ0) is 13.6. The van der Waals surface area contributed by atoms with E-state index in [2.05, 4.69) is 69.9 Å². The summed E-state index contributed by atoms with van der Waals surface area (Å²) in [6, 6.07) is 6.63. The van der Waals surface area contributed by atoms with Gasteiger partial charge in [-0.15, -0.1) is 0 Å². The molecule has 0 amide bonds. The maximum absolute atomic E-state index is 4.32. The van der Waals surface area contributed by atoms with Crippen LogP contribution in [0, 0.1) is 0 Å². The van der Waals surface area contributed by atoms with E-state index in [1.165, 1.54) is 16.3 Å². The molecule has 0 bridgehead atoms. The van der Waals surface area contributed by atoms with Crippen molar-refractivity contribution in [3.63, 3.8) is 0 Å². The minimum atomic E-state index is 0.0236. The van der Waals surface area contributed by atoms with Crippen molar-refractivity contribution in [1.29, 1.82) is 0 Å². The number of hydrogen-bond donors (Lipinski definition) is 0. The molecule has 96 valence electrons. The molecule has 1 aromatic carbocycles. The number of fused-ring (bicyclic) bond motifs is 1. The predicted octanol–water partition coefficient (Wildman–Crippen LogP) is 4.22. The second-order valence-corrected chi connectivity index (χ2v) is 7.00. The molecular formula is C16H22N2. The molecule has 0 atom stereocenters. The van der Waals surface area contributed by atoms with Gasteiger partial charge in [0, 0.05) is 16.2 Å². The highest BCUT2D eigenvalue weighted by atomic mass is 15.1. The van der Waals surface area contributed by atoms with E-state index in [-0.39, 0.29) is 10.8 Å². The fraction of sp³-hybridized carbons (Fsp3) is 0.500. The van der Waals surface area contributed by atoms with Crippen molar-refractivity contribution < 1.29 is 0 Å². The van der Waals surface area contributed by atoms with Crippen LogP contribution in [-0.2, 0) is 10.8 Å². The van der Waals surface area contributed by atoms with E-state index in [1.54, 1.807) is 0 Å². The van der Waals surface area contributed by atoms with Gasteiger partial charge >= 0.3 is 0 Å². The third kappa shape index (κ3) is 2.38. The SMILES string of the molecule is CC(C)(C)c1ccc2c(C(C)(C)C)nncc2c1. The first-order valence-corrected chi connectivity index (χ1v) is 6.46. The number of aromatic nitrogens is 2. The van der Waals surface area contributed by atoms with Gasteiger partial charge in [0.1, 0.15) is 0 Å². The maximum atomic E-state index is 4.32. The topological polar surface area (TPSA) is 25.8 Å². The fourth-order valence-corrected chi connectivity index (χ4v) is 2.11. The Bertz CT molecular complexity index is 572. The van der Waals surface area contributed by atoms with Crippen LogP contribution in [0.4, 0.5) is 0 Å². The lowest BCUT2D eigenvalue weighted by Gasteiger charge is -2.22. The summed E-state index contributed by atoms with van der Waals surface area (Å²) in [5, 5.41) is 10.9. The maximum Gasteiger partial charge on any atom is 0.0762 e. The van der Waals surface area contributed by atoms with Crippen LogP contribution >= 0.6 is 0 Å². The minimum Gasteiger partial charge on any atom is -0.158 e. The Labute approximate surface area is 109 Å². The Balaban J connectivity index is 2.68. The summed E-state index contributed by atoms with van der Waals surface area (Å²) in [4.78, 5) is 0. The lowest BCUT2D eigenvalue weighted by molar-refractivity contribution is 0.565. The molecule has 0 saturated carbocycles. The molecule has 0 aliphatic carbocycles. The minimum absolute atomic E-state index is 0.0236. The zero-order valence-electron chi connectivity index (χ0n) is 12.2. The molecule has 0 spiro atoms. The largest absolute Gasteiger partial charge is 0.158 e. The number of benzene rings is 1. The zero-order valence-corrected chi connectivity index (χ0v) is 12.2. The Kier molecular flexibility index (Phi) is 2.92. The second kappa shape index (κ2) is 4.04. The Morgan fingerprint density at radius 2 is 1.56 bits per heavy atom. The Hall–Kier alpha value is -1.44. The van der Waals surface area contributed by atoms with Gasteiger partial charge in [0.05, 0.1) is 11.9 Å². The van der Waals surface area contributed by atoms with Gasteiger partial charge in [0.2, 0.25) is 0 Å². The Morgan fingerprint density at radius 3 is 2.11 bits per heavy atom. The molecule has 0 radical (unpaired) electrons. The molecule has 1 heterocycles. The van der Waals surface area contributed by atoms with Gasteiger partial charge in [-0.2, -0.15) is 10.2 Å². The number of nitrogens with zero attached hydrogens (tertiary/aromatic N) is 2. The molecule has 1 aromatic heterocycles. The fourth-order valence-electron chi connectivity index (χ4n) is 2.11. The Morgan fingerprint density at radius 1 is 0.889 bits per heavy atom. The molecule has 0 fully saturated rings. The van der Waals surface area contributed by atoms with E-state index in [0.717, 1.165) is 5.69 Å². The van der Waals surface area contributed by atoms with Crippen LogP contribution < -0.4 is 0 Å². The van der Waals surface area contributed by atoms with Crippen LogP contribution in [0.3, 0.4) is 0 Å². The summed E-state index contributed by atoms with van der Waals surface area (Å²) in [5.74, 6) is 0. The van der Waals surface area contributed by atoms with Gasteiger partial charge in [-0.3, -0.25) is 0 Å². The predicted molar refractivity (Wildman–Crippen MR) is 76.9 cm³/mol. The van der Waals surface area contributed by atoms with E-state index in [9.17, 15) is 0 Å². The highest BCUT2D eigenvalue weighted by Gasteiger charge is 2.20. The first-order chi connectivity index (χ1) is 8.19. The lowest BCUT2D eigenvalue weighted by atomic mass is 9.84. The number of hydrogen-bond acceptors (Lipinski definition) is 2. The molecule has 2 heteroatoms. The standard InChI is InChI=1S/C16H22N2/c1-15(2,3)12-7-8-13-11(9-12)10-17-18-14(13)16(4,5)6/h7-10H,1-6H3. The molecule has 0 N–H and O–H groups in total. The number of rotatable bonds is 0. The van der Waals surface area contributed by atoms with E-state index >= 15 is 0 Å². The normalized spacial score (nSPS) is 13.0. The average Bonchev–Trinajstić information content (AvgIpc) is 2.25. The van der Waals surface area contributed by atoms with E-state index in [4.69, 9.17) is 0 Å². The molecule has 2 aromatic rings. The van der Waals surface area contributed by atoms with Crippen molar-refractivity contribution in [2.45, 2.75) is 52.4 Å². The first kappa shape index (κ1) is 13.0. The molecular weight excluding hydrogens is 220 g/mol. The highest BCUT2D eigenvalue weighted by Crippen LogP contribution is 2.30. The van der Waals surface area contributed by atoms with Crippen LogP contribution in [0.5, 0.6) is 0 Å². The van der Waals surface area contributed by atoms with Crippen molar-refractivity contribution >= 4 is 10.8 Å². The summed E-state index contributed by atoms with van der Waals surface area (Å²) in [6.07, 6.45) is 1.86. The summed E-state index contributed by atoms with van der Waals surface area (Å²) in [5.41, 5.74) is 2.60. The smallest absolute Gasteiger partial charge is 0.0762 e. The monoisotopic (exact) mass is 242 g/mol. The lowest BCUT2D eigenvalue weighted by Crippen LogP contribution is -2.15. The third-order valence-corrected chi connectivity index (χ3v) is 3.24. The average molecular weight is 242 g/mol. The summed E-state index contributed by atoms with van der Waals surface area (Å²) in [7, 11) is 0. The van der Waals surface area contributed by atoms with Gasteiger partial charge in [0.15, 0.2) is 0 Å². The van der Waals surface area contributed by atoms with Gasteiger partial charge in [-0.25, -0.2) is 0 Å². The van der Waals surface area contributed by atoms with Gasteiger partial charge in [-0.1, -0.05) is 53.7 Å². The van der Waals surface area contributed by atoms with E-state index < -0.39 is 0 Å². The van der Waals surface area contributed by atoms with E-state index in [0.29, 0.717) is 0 Å².